The summed E-state index contributed by atoms with van der Waals surface area (Å²) in [4.78, 5) is 8.22. The monoisotopic (exact) mass is 305 g/mol. The predicted molar refractivity (Wildman–Crippen MR) is 91.4 cm³/mol. The van der Waals surface area contributed by atoms with Crippen molar-refractivity contribution in [3.05, 3.63) is 84.3 Å². The predicted octanol–water partition coefficient (Wildman–Crippen LogP) is 3.71. The van der Waals surface area contributed by atoms with Crippen LogP contribution in [0.1, 0.15) is 11.1 Å². The molecule has 1 heterocycles. The van der Waals surface area contributed by atoms with Gasteiger partial charge in [-0.25, -0.2) is 4.98 Å². The van der Waals surface area contributed by atoms with Crippen molar-refractivity contribution in [1.29, 1.82) is 0 Å². The summed E-state index contributed by atoms with van der Waals surface area (Å²) in [5.74, 6) is 1.69. The second kappa shape index (κ2) is 7.94. The van der Waals surface area contributed by atoms with Gasteiger partial charge < -0.3 is 10.1 Å². The highest BCUT2D eigenvalue weighted by molar-refractivity contribution is 5.32. The van der Waals surface area contributed by atoms with Crippen LogP contribution in [0, 0.1) is 0 Å². The summed E-state index contributed by atoms with van der Waals surface area (Å²) in [6.07, 6.45) is 5.97. The number of ether oxygens (including phenoxy) is 1. The minimum absolute atomic E-state index is 0.585. The van der Waals surface area contributed by atoms with E-state index in [4.69, 9.17) is 4.74 Å². The molecule has 1 aromatic heterocycles. The first-order valence-corrected chi connectivity index (χ1v) is 7.66. The van der Waals surface area contributed by atoms with Crippen molar-refractivity contribution in [3.63, 3.8) is 0 Å². The molecule has 0 amide bonds. The number of aromatic nitrogens is 2. The summed E-state index contributed by atoms with van der Waals surface area (Å²) >= 11 is 0. The normalized spacial score (nSPS) is 10.3. The minimum atomic E-state index is 0.585. The molecule has 23 heavy (non-hydrogen) atoms. The molecule has 116 valence electrons. The summed E-state index contributed by atoms with van der Waals surface area (Å²) in [7, 11) is 0. The molecule has 3 rings (SSSR count). The Bertz CT molecular complexity index is 717. The van der Waals surface area contributed by atoms with E-state index in [9.17, 15) is 0 Å². The highest BCUT2D eigenvalue weighted by atomic mass is 16.5. The third kappa shape index (κ3) is 4.81. The lowest BCUT2D eigenvalue weighted by molar-refractivity contribution is 0.306. The number of anilines is 1. The molecule has 3 aromatic rings. The van der Waals surface area contributed by atoms with Gasteiger partial charge in [0.15, 0.2) is 0 Å². The second-order valence-corrected chi connectivity index (χ2v) is 5.19. The van der Waals surface area contributed by atoms with Crippen molar-refractivity contribution in [2.24, 2.45) is 0 Å². The molecule has 0 atom stereocenters. The first-order valence-electron chi connectivity index (χ1n) is 7.66. The van der Waals surface area contributed by atoms with Gasteiger partial charge in [0.05, 0.1) is 6.20 Å². The molecule has 0 unspecified atom stereocenters. The fourth-order valence-corrected chi connectivity index (χ4v) is 2.26. The van der Waals surface area contributed by atoms with E-state index < -0.39 is 0 Å². The molecule has 0 radical (unpaired) electrons. The fraction of sp³-hybridized carbons (Fsp3) is 0.158. The Hall–Kier alpha value is -2.88. The van der Waals surface area contributed by atoms with E-state index in [2.05, 4.69) is 39.6 Å². The van der Waals surface area contributed by atoms with Crippen LogP contribution in [0.3, 0.4) is 0 Å². The van der Waals surface area contributed by atoms with Gasteiger partial charge in [0.25, 0.3) is 0 Å². The van der Waals surface area contributed by atoms with E-state index in [1.165, 1.54) is 11.1 Å². The van der Waals surface area contributed by atoms with Gasteiger partial charge in [0.1, 0.15) is 18.2 Å². The molecular formula is C19H19N3O. The third-order valence-electron chi connectivity index (χ3n) is 3.43. The van der Waals surface area contributed by atoms with Crippen LogP contribution in [0.2, 0.25) is 0 Å². The maximum absolute atomic E-state index is 5.85. The quantitative estimate of drug-likeness (QED) is 0.723. The molecule has 0 aliphatic carbocycles. The van der Waals surface area contributed by atoms with Crippen LogP contribution in [-0.2, 0) is 13.0 Å². The van der Waals surface area contributed by atoms with E-state index in [0.717, 1.165) is 24.5 Å². The van der Waals surface area contributed by atoms with Crippen LogP contribution in [0.5, 0.6) is 5.75 Å². The molecule has 4 nitrogen and oxygen atoms in total. The SMILES string of the molecule is c1ccc(COc2cccc(CCNc3cnccn3)c2)cc1. The third-order valence-corrected chi connectivity index (χ3v) is 3.43. The Balaban J connectivity index is 1.51. The summed E-state index contributed by atoms with van der Waals surface area (Å²) in [6, 6.07) is 18.4. The number of hydrogen-bond acceptors (Lipinski definition) is 4. The highest BCUT2D eigenvalue weighted by Crippen LogP contribution is 2.15. The number of hydrogen-bond donors (Lipinski definition) is 1. The van der Waals surface area contributed by atoms with E-state index in [1.807, 2.05) is 30.3 Å². The maximum atomic E-state index is 5.85. The lowest BCUT2D eigenvalue weighted by Crippen LogP contribution is -2.06. The van der Waals surface area contributed by atoms with Crippen LogP contribution in [0.15, 0.2) is 73.2 Å². The fourth-order valence-electron chi connectivity index (χ4n) is 2.26. The van der Waals surface area contributed by atoms with Crippen molar-refractivity contribution in [3.8, 4) is 5.75 Å². The van der Waals surface area contributed by atoms with Crippen LogP contribution >= 0.6 is 0 Å². The Morgan fingerprint density at radius 1 is 0.913 bits per heavy atom. The van der Waals surface area contributed by atoms with Gasteiger partial charge in [-0.15, -0.1) is 0 Å². The van der Waals surface area contributed by atoms with E-state index in [0.29, 0.717) is 6.61 Å². The van der Waals surface area contributed by atoms with Crippen LogP contribution < -0.4 is 10.1 Å². The highest BCUT2D eigenvalue weighted by Gasteiger charge is 1.99. The Morgan fingerprint density at radius 3 is 2.61 bits per heavy atom. The number of nitrogens with one attached hydrogen (secondary N) is 1. The molecule has 0 fully saturated rings. The average molecular weight is 305 g/mol. The molecule has 4 heteroatoms. The molecule has 0 aliphatic heterocycles. The molecule has 0 saturated heterocycles. The first-order chi connectivity index (χ1) is 11.4. The smallest absolute Gasteiger partial charge is 0.144 e. The number of rotatable bonds is 7. The molecular weight excluding hydrogens is 286 g/mol. The number of nitrogens with zero attached hydrogens (tertiary/aromatic N) is 2. The first kappa shape index (κ1) is 15.0. The van der Waals surface area contributed by atoms with Crippen molar-refractivity contribution in [1.82, 2.24) is 9.97 Å². The molecule has 0 saturated carbocycles. The zero-order valence-electron chi connectivity index (χ0n) is 12.9. The molecule has 2 aromatic carbocycles. The standard InChI is InChI=1S/C19H19N3O/c1-2-5-17(6-3-1)15-23-18-8-4-7-16(13-18)9-10-21-19-14-20-11-12-22-19/h1-8,11-14H,9-10,15H2,(H,21,22). The lowest BCUT2D eigenvalue weighted by Gasteiger charge is -2.09. The van der Waals surface area contributed by atoms with Gasteiger partial charge >= 0.3 is 0 Å². The Kier molecular flexibility index (Phi) is 5.19. The molecule has 0 spiro atoms. The zero-order valence-corrected chi connectivity index (χ0v) is 12.9. The van der Waals surface area contributed by atoms with Crippen LogP contribution in [-0.4, -0.2) is 16.5 Å². The van der Waals surface area contributed by atoms with Crippen LogP contribution in [0.4, 0.5) is 5.82 Å². The summed E-state index contributed by atoms with van der Waals surface area (Å²) in [6.45, 7) is 1.39. The second-order valence-electron chi connectivity index (χ2n) is 5.19. The van der Waals surface area contributed by atoms with E-state index in [1.54, 1.807) is 18.6 Å². The number of benzene rings is 2. The Morgan fingerprint density at radius 2 is 1.78 bits per heavy atom. The largest absolute Gasteiger partial charge is 0.489 e. The molecule has 0 aliphatic rings. The average Bonchev–Trinajstić information content (AvgIpc) is 2.62. The van der Waals surface area contributed by atoms with Gasteiger partial charge in [-0.1, -0.05) is 42.5 Å². The molecule has 1 N–H and O–H groups in total. The van der Waals surface area contributed by atoms with Crippen molar-refractivity contribution in [2.45, 2.75) is 13.0 Å². The van der Waals surface area contributed by atoms with Gasteiger partial charge in [-0.05, 0) is 29.7 Å². The van der Waals surface area contributed by atoms with Crippen molar-refractivity contribution >= 4 is 5.82 Å². The van der Waals surface area contributed by atoms with Gasteiger partial charge in [0, 0.05) is 18.9 Å². The summed E-state index contributed by atoms with van der Waals surface area (Å²) in [5, 5.41) is 3.26. The lowest BCUT2D eigenvalue weighted by atomic mass is 10.1. The van der Waals surface area contributed by atoms with E-state index >= 15 is 0 Å². The van der Waals surface area contributed by atoms with Crippen molar-refractivity contribution < 1.29 is 4.74 Å². The van der Waals surface area contributed by atoms with Crippen LogP contribution in [0.25, 0.3) is 0 Å². The van der Waals surface area contributed by atoms with E-state index in [-0.39, 0.29) is 0 Å². The molecule has 0 bridgehead atoms. The van der Waals surface area contributed by atoms with Gasteiger partial charge in [0.2, 0.25) is 0 Å². The topological polar surface area (TPSA) is 47.0 Å². The summed E-state index contributed by atoms with van der Waals surface area (Å²) < 4.78 is 5.85. The van der Waals surface area contributed by atoms with Crippen molar-refractivity contribution in [2.75, 3.05) is 11.9 Å². The maximum Gasteiger partial charge on any atom is 0.144 e. The van der Waals surface area contributed by atoms with Gasteiger partial charge in [-0.3, -0.25) is 4.98 Å². The van der Waals surface area contributed by atoms with Gasteiger partial charge in [-0.2, -0.15) is 0 Å². The zero-order chi connectivity index (χ0) is 15.7. The summed E-state index contributed by atoms with van der Waals surface area (Å²) in [5.41, 5.74) is 2.40. The minimum Gasteiger partial charge on any atom is -0.489 e. The Labute approximate surface area is 136 Å².